The van der Waals surface area contributed by atoms with Crippen LogP contribution < -0.4 is 0 Å². The molecular formula is C13H15BN3OS. The average molecular weight is 272 g/mol. The van der Waals surface area contributed by atoms with Gasteiger partial charge in [-0.25, -0.2) is 4.63 Å². The number of fused-ring (bicyclic) bond motifs is 1. The van der Waals surface area contributed by atoms with E-state index in [9.17, 15) is 0 Å². The van der Waals surface area contributed by atoms with Gasteiger partial charge in [-0.15, -0.1) is 0 Å². The molecule has 0 N–H and O–H groups in total. The molecule has 0 atom stereocenters. The molecule has 0 amide bonds. The molecule has 2 heterocycles. The number of rotatable bonds is 2. The first-order valence-electron chi connectivity index (χ1n) is 6.57. The van der Waals surface area contributed by atoms with Crippen LogP contribution in [0.4, 0.5) is 0 Å². The predicted molar refractivity (Wildman–Crippen MR) is 79.7 cm³/mol. The van der Waals surface area contributed by atoms with E-state index in [2.05, 4.69) is 29.5 Å². The fourth-order valence-corrected chi connectivity index (χ4v) is 2.86. The molecule has 0 aliphatic carbocycles. The molecule has 0 saturated carbocycles. The molecule has 4 nitrogen and oxygen atoms in total. The van der Waals surface area contributed by atoms with Crippen molar-refractivity contribution >= 4 is 35.5 Å². The monoisotopic (exact) mass is 272 g/mol. The lowest BCUT2D eigenvalue weighted by Gasteiger charge is -2.33. The van der Waals surface area contributed by atoms with Crippen molar-refractivity contribution in [2.45, 2.75) is 31.5 Å². The molecule has 0 bridgehead atoms. The standard InChI is InChI=1S/C13H15BN3OS/c1-17(10-4-6-14-7-5-10)13(19)9-2-3-11-12(8-9)16-18-15-11/h2-3,8,10H,4-7H2,1H3. The lowest BCUT2D eigenvalue weighted by atomic mass is 9.63. The van der Waals surface area contributed by atoms with Crippen molar-refractivity contribution in [2.24, 2.45) is 0 Å². The van der Waals surface area contributed by atoms with Crippen LogP contribution in [0.3, 0.4) is 0 Å². The predicted octanol–water partition coefficient (Wildman–Crippen LogP) is 2.53. The maximum absolute atomic E-state index is 5.60. The summed E-state index contributed by atoms with van der Waals surface area (Å²) in [6.45, 7) is 0. The highest BCUT2D eigenvalue weighted by Crippen LogP contribution is 2.21. The van der Waals surface area contributed by atoms with Crippen LogP contribution in [0.15, 0.2) is 22.8 Å². The Morgan fingerprint density at radius 2 is 2.05 bits per heavy atom. The second-order valence-electron chi connectivity index (χ2n) is 4.98. The maximum atomic E-state index is 5.60. The van der Waals surface area contributed by atoms with E-state index < -0.39 is 0 Å². The molecule has 1 aliphatic heterocycles. The van der Waals surface area contributed by atoms with Crippen molar-refractivity contribution < 1.29 is 4.63 Å². The summed E-state index contributed by atoms with van der Waals surface area (Å²) in [5, 5.41) is 7.67. The van der Waals surface area contributed by atoms with E-state index >= 15 is 0 Å². The second-order valence-corrected chi connectivity index (χ2v) is 5.37. The van der Waals surface area contributed by atoms with Crippen molar-refractivity contribution in [3.8, 4) is 0 Å². The molecule has 6 heteroatoms. The van der Waals surface area contributed by atoms with E-state index in [1.54, 1.807) is 0 Å². The highest BCUT2D eigenvalue weighted by molar-refractivity contribution is 7.80. The van der Waals surface area contributed by atoms with Gasteiger partial charge in [-0.05, 0) is 41.4 Å². The molecule has 19 heavy (non-hydrogen) atoms. The van der Waals surface area contributed by atoms with Crippen molar-refractivity contribution in [3.63, 3.8) is 0 Å². The number of thiocarbonyl (C=S) groups is 1. The number of hydrogen-bond acceptors (Lipinski definition) is 4. The summed E-state index contributed by atoms with van der Waals surface area (Å²) >= 11 is 5.60. The highest BCUT2D eigenvalue weighted by atomic mass is 32.1. The van der Waals surface area contributed by atoms with Crippen LogP contribution in [0.2, 0.25) is 12.6 Å². The van der Waals surface area contributed by atoms with Gasteiger partial charge in [-0.3, -0.25) is 0 Å². The minimum Gasteiger partial charge on any atom is -0.362 e. The maximum Gasteiger partial charge on any atom is 0.135 e. The smallest absolute Gasteiger partial charge is 0.135 e. The third kappa shape index (κ3) is 2.49. The van der Waals surface area contributed by atoms with E-state index in [-0.39, 0.29) is 0 Å². The minimum absolute atomic E-state index is 0.545. The molecule has 1 aromatic heterocycles. The molecule has 1 aliphatic rings. The third-order valence-corrected chi connectivity index (χ3v) is 4.30. The zero-order valence-corrected chi connectivity index (χ0v) is 11.7. The molecule has 1 fully saturated rings. The summed E-state index contributed by atoms with van der Waals surface area (Å²) in [5.74, 6) is 0. The molecule has 1 radical (unpaired) electrons. The summed E-state index contributed by atoms with van der Waals surface area (Å²) < 4.78 is 4.72. The first-order chi connectivity index (χ1) is 9.25. The quantitative estimate of drug-likeness (QED) is 0.620. The summed E-state index contributed by atoms with van der Waals surface area (Å²) in [4.78, 5) is 3.09. The summed E-state index contributed by atoms with van der Waals surface area (Å²) in [7, 11) is 4.45. The third-order valence-electron chi connectivity index (χ3n) is 3.78. The summed E-state index contributed by atoms with van der Waals surface area (Å²) in [5.41, 5.74) is 2.53. The Bertz CT molecular complexity index is 594. The van der Waals surface area contributed by atoms with Gasteiger partial charge in [-0.2, -0.15) is 0 Å². The average Bonchev–Trinajstić information content (AvgIpc) is 2.94. The highest BCUT2D eigenvalue weighted by Gasteiger charge is 2.21. The topological polar surface area (TPSA) is 42.2 Å². The Morgan fingerprint density at radius 1 is 1.32 bits per heavy atom. The zero-order chi connectivity index (χ0) is 13.2. The molecule has 0 unspecified atom stereocenters. The number of aromatic nitrogens is 2. The Kier molecular flexibility index (Phi) is 3.51. The zero-order valence-electron chi connectivity index (χ0n) is 10.9. The molecule has 1 saturated heterocycles. The number of nitrogens with zero attached hydrogens (tertiary/aromatic N) is 3. The Labute approximate surface area is 118 Å². The fourth-order valence-electron chi connectivity index (χ4n) is 2.58. The van der Waals surface area contributed by atoms with E-state index in [0.29, 0.717) is 6.04 Å². The molecular weight excluding hydrogens is 257 g/mol. The van der Waals surface area contributed by atoms with Crippen LogP contribution in [-0.4, -0.2) is 40.6 Å². The lowest BCUT2D eigenvalue weighted by molar-refractivity contribution is 0.315. The van der Waals surface area contributed by atoms with Gasteiger partial charge in [0.2, 0.25) is 0 Å². The lowest BCUT2D eigenvalue weighted by Crippen LogP contribution is -2.38. The molecule has 3 rings (SSSR count). The van der Waals surface area contributed by atoms with Gasteiger partial charge in [0.05, 0.1) is 0 Å². The first-order valence-corrected chi connectivity index (χ1v) is 6.97. The Morgan fingerprint density at radius 3 is 2.84 bits per heavy atom. The Balaban J connectivity index is 1.81. The van der Waals surface area contributed by atoms with Crippen LogP contribution in [0.5, 0.6) is 0 Å². The van der Waals surface area contributed by atoms with E-state index in [1.165, 1.54) is 25.5 Å². The van der Waals surface area contributed by atoms with Crippen LogP contribution >= 0.6 is 12.2 Å². The van der Waals surface area contributed by atoms with E-state index in [0.717, 1.165) is 21.6 Å². The Hall–Kier alpha value is -1.43. The second kappa shape index (κ2) is 5.29. The molecule has 97 valence electrons. The van der Waals surface area contributed by atoms with Gasteiger partial charge in [-0.1, -0.05) is 24.9 Å². The van der Waals surface area contributed by atoms with Crippen molar-refractivity contribution in [1.29, 1.82) is 0 Å². The van der Waals surface area contributed by atoms with E-state index in [4.69, 9.17) is 16.8 Å². The van der Waals surface area contributed by atoms with Crippen LogP contribution in [-0.2, 0) is 0 Å². The van der Waals surface area contributed by atoms with Crippen molar-refractivity contribution in [3.05, 3.63) is 23.8 Å². The first kappa shape index (κ1) is 12.6. The normalized spacial score (nSPS) is 16.3. The minimum atomic E-state index is 0.545. The van der Waals surface area contributed by atoms with Crippen LogP contribution in [0.1, 0.15) is 18.4 Å². The van der Waals surface area contributed by atoms with Crippen molar-refractivity contribution in [1.82, 2.24) is 15.2 Å². The van der Waals surface area contributed by atoms with Crippen LogP contribution in [0.25, 0.3) is 11.0 Å². The number of hydrogen-bond donors (Lipinski definition) is 0. The molecule has 0 spiro atoms. The van der Waals surface area contributed by atoms with Gasteiger partial charge in [0.15, 0.2) is 0 Å². The summed E-state index contributed by atoms with van der Waals surface area (Å²) in [6, 6.07) is 6.37. The van der Waals surface area contributed by atoms with Crippen LogP contribution in [0, 0.1) is 0 Å². The number of benzene rings is 1. The summed E-state index contributed by atoms with van der Waals surface area (Å²) in [6.07, 6.45) is 4.74. The molecule has 1 aromatic carbocycles. The van der Waals surface area contributed by atoms with Gasteiger partial charge in [0.25, 0.3) is 0 Å². The van der Waals surface area contributed by atoms with Crippen molar-refractivity contribution in [2.75, 3.05) is 7.05 Å². The SMILES string of the molecule is CN(C(=S)c1ccc2nonc2c1)C1CC[B]CC1. The van der Waals surface area contributed by atoms with Gasteiger partial charge in [0.1, 0.15) is 23.3 Å². The fraction of sp³-hybridized carbons (Fsp3) is 0.462. The van der Waals surface area contributed by atoms with Gasteiger partial charge >= 0.3 is 0 Å². The molecule has 2 aromatic rings. The largest absolute Gasteiger partial charge is 0.362 e. The van der Waals surface area contributed by atoms with Gasteiger partial charge < -0.3 is 4.90 Å². The van der Waals surface area contributed by atoms with Gasteiger partial charge in [0, 0.05) is 18.7 Å². The van der Waals surface area contributed by atoms with E-state index in [1.807, 2.05) is 18.2 Å².